The fraction of sp³-hybridized carbons (Fsp3) is 0.625. The molecule has 1 amide bonds. The van der Waals surface area contributed by atoms with Gasteiger partial charge in [-0.1, -0.05) is 0 Å². The molecule has 138 valence electrons. The zero-order valence-corrected chi connectivity index (χ0v) is 16.5. The van der Waals surface area contributed by atoms with Crippen LogP contribution in [-0.4, -0.2) is 48.7 Å². The van der Waals surface area contributed by atoms with Crippen molar-refractivity contribution in [3.63, 3.8) is 0 Å². The van der Waals surface area contributed by atoms with E-state index >= 15 is 0 Å². The van der Waals surface area contributed by atoms with E-state index in [0.29, 0.717) is 11.4 Å². The lowest BCUT2D eigenvalue weighted by atomic mass is 10.1. The number of aromatic nitrogens is 2. The Labute approximate surface area is 151 Å². The van der Waals surface area contributed by atoms with Gasteiger partial charge in [0.25, 0.3) is 11.8 Å². The Hall–Kier alpha value is -1.71. The van der Waals surface area contributed by atoms with Crippen LogP contribution in [0.2, 0.25) is 0 Å². The Bertz CT molecular complexity index is 687. The van der Waals surface area contributed by atoms with Gasteiger partial charge in [0.15, 0.2) is 5.60 Å². The zero-order chi connectivity index (χ0) is 19.0. The van der Waals surface area contributed by atoms with E-state index < -0.39 is 21.7 Å². The molecular formula is C16H25N5O3S. The first kappa shape index (κ1) is 19.6. The molecule has 25 heavy (non-hydrogen) atoms. The van der Waals surface area contributed by atoms with E-state index in [4.69, 9.17) is 4.74 Å². The maximum absolute atomic E-state index is 12.4. The predicted molar refractivity (Wildman–Crippen MR) is 95.9 cm³/mol. The van der Waals surface area contributed by atoms with Gasteiger partial charge in [0, 0.05) is 30.8 Å². The van der Waals surface area contributed by atoms with Gasteiger partial charge in [-0.25, -0.2) is 9.99 Å². The summed E-state index contributed by atoms with van der Waals surface area (Å²) in [6.45, 7) is 10.9. The highest BCUT2D eigenvalue weighted by Crippen LogP contribution is 2.25. The molecule has 1 aliphatic heterocycles. The van der Waals surface area contributed by atoms with E-state index in [2.05, 4.69) is 19.8 Å². The van der Waals surface area contributed by atoms with E-state index in [9.17, 15) is 9.35 Å². The summed E-state index contributed by atoms with van der Waals surface area (Å²) >= 11 is -1.27. The minimum atomic E-state index is -1.27. The first-order valence-electron chi connectivity index (χ1n) is 7.98. The maximum Gasteiger partial charge on any atom is 0.286 e. The van der Waals surface area contributed by atoms with Gasteiger partial charge in [-0.05, 0) is 41.5 Å². The quantitative estimate of drug-likeness (QED) is 0.809. The van der Waals surface area contributed by atoms with Crippen LogP contribution in [0.3, 0.4) is 0 Å². The van der Waals surface area contributed by atoms with E-state index in [0.717, 1.165) is 0 Å². The molecule has 0 fully saturated rings. The Morgan fingerprint density at radius 1 is 1.32 bits per heavy atom. The highest BCUT2D eigenvalue weighted by molar-refractivity contribution is 7.90. The van der Waals surface area contributed by atoms with Gasteiger partial charge < -0.3 is 9.29 Å². The molecule has 1 aromatic heterocycles. The molecule has 0 saturated carbocycles. The van der Waals surface area contributed by atoms with Crippen molar-refractivity contribution in [3.8, 4) is 0 Å². The van der Waals surface area contributed by atoms with Crippen LogP contribution in [-0.2, 0) is 20.9 Å². The van der Waals surface area contributed by atoms with Gasteiger partial charge in [-0.15, -0.1) is 9.82 Å². The molecule has 2 heterocycles. The maximum atomic E-state index is 12.4. The molecule has 0 aliphatic carbocycles. The molecule has 0 radical (unpaired) electrons. The van der Waals surface area contributed by atoms with Gasteiger partial charge in [-0.2, -0.15) is 0 Å². The Balaban J connectivity index is 2.36. The molecule has 9 heteroatoms. The number of nitrogens with zero attached hydrogens (tertiary/aromatic N) is 4. The zero-order valence-electron chi connectivity index (χ0n) is 15.7. The van der Waals surface area contributed by atoms with Gasteiger partial charge in [0.1, 0.15) is 10.4 Å². The van der Waals surface area contributed by atoms with Gasteiger partial charge in [0.05, 0.1) is 11.7 Å². The van der Waals surface area contributed by atoms with E-state index in [1.165, 1.54) is 11.2 Å². The van der Waals surface area contributed by atoms with Crippen molar-refractivity contribution in [2.45, 2.75) is 57.9 Å². The summed E-state index contributed by atoms with van der Waals surface area (Å²) in [5.74, 6) is -0.0351. The molecule has 1 aliphatic rings. The van der Waals surface area contributed by atoms with Gasteiger partial charge in [0.2, 0.25) is 0 Å². The molecular weight excluding hydrogens is 342 g/mol. The number of hydrogen-bond donors (Lipinski definition) is 1. The van der Waals surface area contributed by atoms with Crippen LogP contribution in [0.4, 0.5) is 0 Å². The summed E-state index contributed by atoms with van der Waals surface area (Å²) in [4.78, 5) is 20.8. The van der Waals surface area contributed by atoms with Crippen molar-refractivity contribution in [2.75, 3.05) is 7.05 Å². The molecule has 2 atom stereocenters. The first-order valence-corrected chi connectivity index (χ1v) is 9.13. The van der Waals surface area contributed by atoms with Crippen molar-refractivity contribution in [3.05, 3.63) is 23.8 Å². The van der Waals surface area contributed by atoms with Crippen molar-refractivity contribution >= 4 is 23.2 Å². The van der Waals surface area contributed by atoms with Gasteiger partial charge >= 0.3 is 0 Å². The number of rotatable bonds is 4. The summed E-state index contributed by atoms with van der Waals surface area (Å²) in [5.41, 5.74) is -0.0795. The lowest BCUT2D eigenvalue weighted by Crippen LogP contribution is -2.49. The van der Waals surface area contributed by atoms with Crippen LogP contribution < -0.4 is 4.72 Å². The first-order chi connectivity index (χ1) is 11.4. The summed E-state index contributed by atoms with van der Waals surface area (Å²) in [6, 6.07) is -0.346. The van der Waals surface area contributed by atoms with Crippen molar-refractivity contribution in [1.29, 1.82) is 0 Å². The second-order valence-corrected chi connectivity index (χ2v) is 9.36. The fourth-order valence-electron chi connectivity index (χ4n) is 2.20. The summed E-state index contributed by atoms with van der Waals surface area (Å²) in [5, 5.41) is 5.41. The molecule has 2 rings (SSSR count). The highest BCUT2D eigenvalue weighted by Gasteiger charge is 2.40. The second kappa shape index (κ2) is 6.89. The fourth-order valence-corrected chi connectivity index (χ4v) is 2.98. The van der Waals surface area contributed by atoms with Crippen LogP contribution in [0.25, 0.3) is 0 Å². The molecule has 0 bridgehead atoms. The predicted octanol–water partition coefficient (Wildman–Crippen LogP) is 1.52. The van der Waals surface area contributed by atoms with Crippen LogP contribution >= 0.6 is 0 Å². The van der Waals surface area contributed by atoms with Crippen molar-refractivity contribution in [2.24, 2.45) is 5.10 Å². The van der Waals surface area contributed by atoms with Gasteiger partial charge in [-0.3, -0.25) is 9.78 Å². The number of likely N-dealkylation sites (N-methyl/N-ethyl adjacent to an activating group) is 1. The minimum absolute atomic E-state index is 0.213. The SMILES string of the molecule is CC(N[S+]([O-])C(C)(C)C)c1nccnc1C1=NN(C)C(=O)C(C)(C)O1. The Morgan fingerprint density at radius 3 is 2.48 bits per heavy atom. The largest absolute Gasteiger partial charge is 0.598 e. The Morgan fingerprint density at radius 2 is 1.92 bits per heavy atom. The number of carbonyl (C=O) groups excluding carboxylic acids is 1. The topological polar surface area (TPSA) is 103 Å². The minimum Gasteiger partial charge on any atom is -0.598 e. The number of nitrogens with one attached hydrogen (secondary N) is 1. The standard InChI is InChI=1S/C16H25N5O3S/c1-10(20-25(23)15(2,3)4)11-12(18-9-8-17-11)13-19-21(7)14(22)16(5,6)24-13/h8-10,20H,1-7H3. The molecule has 0 aromatic carbocycles. The van der Waals surface area contributed by atoms with Crippen LogP contribution in [0.1, 0.15) is 59.0 Å². The normalized spacial score (nSPS) is 19.9. The summed E-state index contributed by atoms with van der Waals surface area (Å²) in [7, 11) is 1.57. The van der Waals surface area contributed by atoms with Crippen LogP contribution in [0.5, 0.6) is 0 Å². The molecule has 0 saturated heterocycles. The van der Waals surface area contributed by atoms with Crippen molar-refractivity contribution < 1.29 is 14.1 Å². The van der Waals surface area contributed by atoms with Crippen molar-refractivity contribution in [1.82, 2.24) is 19.7 Å². The monoisotopic (exact) mass is 367 g/mol. The number of amides is 1. The van der Waals surface area contributed by atoms with Crippen LogP contribution in [0, 0.1) is 0 Å². The number of hydrogen-bond acceptors (Lipinski definition) is 7. The lowest BCUT2D eigenvalue weighted by Gasteiger charge is -2.33. The molecule has 1 aromatic rings. The number of hydrazone groups is 1. The van der Waals surface area contributed by atoms with Crippen LogP contribution in [0.15, 0.2) is 17.5 Å². The number of carbonyl (C=O) groups is 1. The molecule has 1 N–H and O–H groups in total. The highest BCUT2D eigenvalue weighted by atomic mass is 32.2. The van der Waals surface area contributed by atoms with E-state index in [1.54, 1.807) is 27.1 Å². The summed E-state index contributed by atoms with van der Waals surface area (Å²) in [6.07, 6.45) is 3.09. The summed E-state index contributed by atoms with van der Waals surface area (Å²) < 4.78 is 20.8. The second-order valence-electron chi connectivity index (χ2n) is 7.36. The Kier molecular flexibility index (Phi) is 5.41. The average molecular weight is 367 g/mol. The smallest absolute Gasteiger partial charge is 0.286 e. The third-order valence-corrected chi connectivity index (χ3v) is 5.26. The molecule has 2 unspecified atom stereocenters. The molecule has 0 spiro atoms. The third kappa shape index (κ3) is 4.28. The average Bonchev–Trinajstić information content (AvgIpc) is 2.51. The lowest BCUT2D eigenvalue weighted by molar-refractivity contribution is -0.148. The molecule has 8 nitrogen and oxygen atoms in total. The van der Waals surface area contributed by atoms with E-state index in [1.807, 2.05) is 27.7 Å². The van der Waals surface area contributed by atoms with E-state index in [-0.39, 0.29) is 17.8 Å². The third-order valence-electron chi connectivity index (χ3n) is 3.58. The number of ether oxygens (including phenoxy) is 1.